The number of carbonyl (C=O) groups is 2. The molecule has 0 radical (unpaired) electrons. The molecular formula is C31H30Br2N14O2. The smallest absolute Gasteiger partial charge is 0.270 e. The lowest BCUT2D eigenvalue weighted by Gasteiger charge is -2.08. The van der Waals surface area contributed by atoms with Crippen molar-refractivity contribution >= 4 is 77.5 Å². The van der Waals surface area contributed by atoms with Gasteiger partial charge in [0.25, 0.3) is 11.8 Å². The van der Waals surface area contributed by atoms with Crippen molar-refractivity contribution in [3.05, 3.63) is 106 Å². The Morgan fingerprint density at radius 1 is 0.837 bits per heavy atom. The zero-order valence-electron chi connectivity index (χ0n) is 26.1. The summed E-state index contributed by atoms with van der Waals surface area (Å²) in [5.41, 5.74) is 16.3. The monoisotopic (exact) mass is 788 g/mol. The first-order valence-electron chi connectivity index (χ1n) is 14.6. The highest BCUT2D eigenvalue weighted by atomic mass is 79.9. The number of aromatic amines is 2. The molecule has 0 unspecified atom stereocenters. The van der Waals surface area contributed by atoms with Crippen molar-refractivity contribution in [1.29, 1.82) is 0 Å². The molecule has 250 valence electrons. The normalized spacial score (nSPS) is 10.6. The van der Waals surface area contributed by atoms with E-state index in [-0.39, 0.29) is 35.8 Å². The third kappa shape index (κ3) is 9.42. The van der Waals surface area contributed by atoms with Crippen molar-refractivity contribution in [2.24, 2.45) is 0 Å². The van der Waals surface area contributed by atoms with Gasteiger partial charge in [0.15, 0.2) is 11.3 Å². The second-order valence-electron chi connectivity index (χ2n) is 10.5. The number of imidazole rings is 2. The Bertz CT molecular complexity index is 2210. The van der Waals surface area contributed by atoms with Crippen LogP contribution in [0.15, 0.2) is 89.0 Å². The van der Waals surface area contributed by atoms with Gasteiger partial charge in [-0.15, -0.1) is 0 Å². The molecule has 0 fully saturated rings. The Balaban J connectivity index is 0.000000198. The van der Waals surface area contributed by atoms with Crippen LogP contribution in [0.25, 0.3) is 28.0 Å². The third-order valence-corrected chi connectivity index (χ3v) is 7.27. The van der Waals surface area contributed by atoms with Gasteiger partial charge >= 0.3 is 0 Å². The molecular weight excluding hydrogens is 760 g/mol. The first-order chi connectivity index (χ1) is 23.5. The standard InChI is InChI=1S/C20H20N8O2.C6H4BrN3.C5H6BrN3/c1-12(2)26-20(30)16-5-3-4-15(27-16)19(29)22-7-13-8-25-28(10-13)14-6-17-18(21-9-14)24-11-23-17;7-4-1-5-6(8-2-4)10-3-9-5;6-3-1-4(7)5(8)9-2-3/h3-6,8-12H,7H2,1-2H3,(H,22,29)(H,26,30)(H,21,23,24);1-3H,(H,8,9,10);1-2H,7H2,(H2,8,9). The number of nitrogens with one attached hydrogen (secondary N) is 4. The largest absolute Gasteiger partial charge is 0.396 e. The molecule has 0 saturated heterocycles. The van der Waals surface area contributed by atoms with Crippen LogP contribution in [0.2, 0.25) is 0 Å². The number of hydrogen-bond donors (Lipinski definition) is 6. The number of halogens is 2. The number of fused-ring (bicyclic) bond motifs is 2. The third-order valence-electron chi connectivity index (χ3n) is 6.40. The number of aromatic nitrogens is 10. The quantitative estimate of drug-likeness (QED) is 0.139. The number of nitrogens with zero attached hydrogens (tertiary/aromatic N) is 8. The second-order valence-corrected chi connectivity index (χ2v) is 12.4. The summed E-state index contributed by atoms with van der Waals surface area (Å²) < 4.78 is 3.47. The lowest BCUT2D eigenvalue weighted by Crippen LogP contribution is -2.31. The van der Waals surface area contributed by atoms with Gasteiger partial charge in [0.1, 0.15) is 17.2 Å². The SMILES string of the molecule is Brc1cnc2nc[nH]c2c1.CC(C)NC(=O)c1cccc(C(=O)NCc2cnn(-c3cnc4nc[nH]c4c3)c2)n1.Nc1cc(Br)cnc1N. The Hall–Kier alpha value is -5.75. The number of anilines is 2. The maximum Gasteiger partial charge on any atom is 0.270 e. The van der Waals surface area contributed by atoms with E-state index in [1.165, 1.54) is 0 Å². The topological polar surface area (TPSA) is 237 Å². The van der Waals surface area contributed by atoms with Gasteiger partial charge in [0, 0.05) is 45.7 Å². The molecule has 0 bridgehead atoms. The molecule has 0 spiro atoms. The molecule has 0 saturated carbocycles. The van der Waals surface area contributed by atoms with Crippen LogP contribution in [0.5, 0.6) is 0 Å². The van der Waals surface area contributed by atoms with Crippen molar-refractivity contribution < 1.29 is 9.59 Å². The van der Waals surface area contributed by atoms with Crippen LogP contribution in [-0.4, -0.2) is 67.5 Å². The molecule has 0 atom stereocenters. The van der Waals surface area contributed by atoms with Gasteiger partial charge < -0.3 is 32.1 Å². The maximum atomic E-state index is 12.5. The molecule has 2 amide bonds. The molecule has 8 N–H and O–H groups in total. The van der Waals surface area contributed by atoms with E-state index in [1.807, 2.05) is 26.0 Å². The van der Waals surface area contributed by atoms with Crippen LogP contribution >= 0.6 is 31.9 Å². The van der Waals surface area contributed by atoms with Gasteiger partial charge in [-0.2, -0.15) is 5.10 Å². The van der Waals surface area contributed by atoms with Crippen molar-refractivity contribution in [3.8, 4) is 5.69 Å². The second kappa shape index (κ2) is 15.9. The summed E-state index contributed by atoms with van der Waals surface area (Å²) in [5, 5.41) is 9.87. The van der Waals surface area contributed by atoms with E-state index >= 15 is 0 Å². The van der Waals surface area contributed by atoms with Crippen molar-refractivity contribution in [2.75, 3.05) is 11.5 Å². The molecule has 0 aliphatic heterocycles. The highest BCUT2D eigenvalue weighted by Crippen LogP contribution is 2.16. The van der Waals surface area contributed by atoms with E-state index in [9.17, 15) is 9.59 Å². The fourth-order valence-corrected chi connectivity index (χ4v) is 4.78. The van der Waals surface area contributed by atoms with Gasteiger partial charge in [-0.3, -0.25) is 9.59 Å². The Morgan fingerprint density at radius 3 is 2.14 bits per heavy atom. The van der Waals surface area contributed by atoms with Gasteiger partial charge in [-0.05, 0) is 76.0 Å². The predicted molar refractivity (Wildman–Crippen MR) is 191 cm³/mol. The fourth-order valence-electron chi connectivity index (χ4n) is 4.10. The summed E-state index contributed by atoms with van der Waals surface area (Å²) in [6, 6.07) is 10.3. The summed E-state index contributed by atoms with van der Waals surface area (Å²) in [6.45, 7) is 3.98. The summed E-state index contributed by atoms with van der Waals surface area (Å²) in [7, 11) is 0. The Morgan fingerprint density at radius 2 is 1.47 bits per heavy atom. The van der Waals surface area contributed by atoms with Crippen LogP contribution in [-0.2, 0) is 6.54 Å². The summed E-state index contributed by atoms with van der Waals surface area (Å²) >= 11 is 6.50. The number of amides is 2. The minimum Gasteiger partial charge on any atom is -0.396 e. The lowest BCUT2D eigenvalue weighted by molar-refractivity contribution is 0.0936. The van der Waals surface area contributed by atoms with E-state index in [4.69, 9.17) is 11.5 Å². The Labute approximate surface area is 295 Å². The van der Waals surface area contributed by atoms with Crippen molar-refractivity contribution in [3.63, 3.8) is 0 Å². The highest BCUT2D eigenvalue weighted by molar-refractivity contribution is 9.10. The number of carbonyl (C=O) groups excluding carboxylic acids is 2. The first-order valence-corrected chi connectivity index (χ1v) is 16.1. The summed E-state index contributed by atoms with van der Waals surface area (Å²) in [6.07, 6.45) is 11.7. The van der Waals surface area contributed by atoms with Crippen LogP contribution in [0.4, 0.5) is 11.5 Å². The summed E-state index contributed by atoms with van der Waals surface area (Å²) in [5.74, 6) is -0.315. The zero-order valence-corrected chi connectivity index (χ0v) is 29.3. The van der Waals surface area contributed by atoms with Crippen molar-refractivity contribution in [2.45, 2.75) is 26.4 Å². The number of rotatable bonds is 6. The van der Waals surface area contributed by atoms with Gasteiger partial charge in [0.05, 0.1) is 47.5 Å². The van der Waals surface area contributed by atoms with Gasteiger partial charge in [-0.1, -0.05) is 6.07 Å². The van der Waals surface area contributed by atoms with Crippen LogP contribution in [0.1, 0.15) is 40.4 Å². The van der Waals surface area contributed by atoms with E-state index in [0.717, 1.165) is 36.9 Å². The molecule has 0 aromatic carbocycles. The fraction of sp³-hybridized carbons (Fsp3) is 0.129. The molecule has 16 nitrogen and oxygen atoms in total. The molecule has 7 rings (SSSR count). The highest BCUT2D eigenvalue weighted by Gasteiger charge is 2.13. The molecule has 7 heterocycles. The van der Waals surface area contributed by atoms with Crippen LogP contribution < -0.4 is 22.1 Å². The van der Waals surface area contributed by atoms with E-state index in [0.29, 0.717) is 17.2 Å². The zero-order chi connectivity index (χ0) is 34.9. The van der Waals surface area contributed by atoms with Crippen LogP contribution in [0, 0.1) is 0 Å². The number of pyridine rings is 4. The molecule has 49 heavy (non-hydrogen) atoms. The van der Waals surface area contributed by atoms with E-state index in [1.54, 1.807) is 72.6 Å². The minimum absolute atomic E-state index is 0.0162. The number of hydrogen-bond acceptors (Lipinski definition) is 11. The molecule has 18 heteroatoms. The van der Waals surface area contributed by atoms with Crippen molar-refractivity contribution in [1.82, 2.24) is 60.3 Å². The number of nitrogens with two attached hydrogens (primary N) is 2. The number of nitrogen functional groups attached to an aromatic ring is 2. The van der Waals surface area contributed by atoms with Crippen LogP contribution in [0.3, 0.4) is 0 Å². The Kier molecular flexibility index (Phi) is 11.2. The average molecular weight is 790 g/mol. The molecule has 0 aliphatic carbocycles. The molecule has 7 aromatic rings. The maximum absolute atomic E-state index is 12.5. The number of H-pyrrole nitrogens is 2. The molecule has 7 aromatic heterocycles. The predicted octanol–water partition coefficient (Wildman–Crippen LogP) is 4.34. The minimum atomic E-state index is -0.373. The van der Waals surface area contributed by atoms with Gasteiger partial charge in [0.2, 0.25) is 0 Å². The first kappa shape index (κ1) is 34.6. The molecule has 0 aliphatic rings. The van der Waals surface area contributed by atoms with E-state index < -0.39 is 0 Å². The average Bonchev–Trinajstić information content (AvgIpc) is 3.86. The summed E-state index contributed by atoms with van der Waals surface area (Å²) in [4.78, 5) is 54.8. The lowest BCUT2D eigenvalue weighted by atomic mass is 10.2. The van der Waals surface area contributed by atoms with Gasteiger partial charge in [-0.25, -0.2) is 34.6 Å². The van der Waals surface area contributed by atoms with E-state index in [2.05, 4.69) is 87.5 Å².